The first-order valence-corrected chi connectivity index (χ1v) is 8.07. The van der Waals surface area contributed by atoms with E-state index in [1.54, 1.807) is 6.92 Å². The van der Waals surface area contributed by atoms with Crippen LogP contribution in [-0.2, 0) is 10.0 Å². The standard InChI is InChI=1S/C14H23FN2O2S/c1-10(2)14(16)5-6-17(4)20(18,19)13-8-11(3)7-12(15)9-13/h7-10,14H,5-6,16H2,1-4H3. The summed E-state index contributed by atoms with van der Waals surface area (Å²) in [5.74, 6) is -0.252. The molecule has 0 heterocycles. The molecule has 0 aliphatic rings. The van der Waals surface area contributed by atoms with E-state index >= 15 is 0 Å². The molecule has 4 nitrogen and oxygen atoms in total. The second kappa shape index (κ2) is 6.65. The van der Waals surface area contributed by atoms with Crippen molar-refractivity contribution in [1.29, 1.82) is 0 Å². The van der Waals surface area contributed by atoms with Gasteiger partial charge in [-0.25, -0.2) is 17.1 Å². The first kappa shape index (κ1) is 17.1. The second-order valence-electron chi connectivity index (χ2n) is 5.49. The van der Waals surface area contributed by atoms with Gasteiger partial charge in [0.1, 0.15) is 5.82 Å². The van der Waals surface area contributed by atoms with Gasteiger partial charge in [-0.2, -0.15) is 0 Å². The van der Waals surface area contributed by atoms with Crippen LogP contribution in [0.3, 0.4) is 0 Å². The molecule has 114 valence electrons. The summed E-state index contributed by atoms with van der Waals surface area (Å²) in [4.78, 5) is -0.0179. The molecule has 20 heavy (non-hydrogen) atoms. The molecule has 0 fully saturated rings. The summed E-state index contributed by atoms with van der Waals surface area (Å²) in [7, 11) is -2.18. The van der Waals surface area contributed by atoms with Crippen LogP contribution >= 0.6 is 0 Å². The van der Waals surface area contributed by atoms with Crippen LogP contribution < -0.4 is 5.73 Å². The Kier molecular flexibility index (Phi) is 5.68. The van der Waals surface area contributed by atoms with E-state index in [9.17, 15) is 12.8 Å². The lowest BCUT2D eigenvalue weighted by molar-refractivity contribution is 0.397. The number of hydrogen-bond acceptors (Lipinski definition) is 3. The molecule has 1 rings (SSSR count). The maximum atomic E-state index is 13.3. The minimum Gasteiger partial charge on any atom is -0.327 e. The zero-order valence-corrected chi connectivity index (χ0v) is 13.2. The molecule has 0 amide bonds. The number of nitrogens with zero attached hydrogens (tertiary/aromatic N) is 1. The predicted molar refractivity (Wildman–Crippen MR) is 78.4 cm³/mol. The maximum Gasteiger partial charge on any atom is 0.242 e. The Balaban J connectivity index is 2.87. The smallest absolute Gasteiger partial charge is 0.242 e. The van der Waals surface area contributed by atoms with Gasteiger partial charge in [0.2, 0.25) is 10.0 Å². The van der Waals surface area contributed by atoms with E-state index in [0.717, 1.165) is 6.07 Å². The van der Waals surface area contributed by atoms with E-state index in [-0.39, 0.29) is 10.9 Å². The van der Waals surface area contributed by atoms with Gasteiger partial charge in [-0.3, -0.25) is 0 Å². The van der Waals surface area contributed by atoms with Gasteiger partial charge in [-0.15, -0.1) is 0 Å². The van der Waals surface area contributed by atoms with Gasteiger partial charge in [-0.05, 0) is 43.0 Å². The third kappa shape index (κ3) is 4.26. The Labute approximate surface area is 120 Å². The van der Waals surface area contributed by atoms with E-state index < -0.39 is 15.8 Å². The highest BCUT2D eigenvalue weighted by molar-refractivity contribution is 7.89. The Morgan fingerprint density at radius 2 is 1.90 bits per heavy atom. The van der Waals surface area contributed by atoms with E-state index in [2.05, 4.69) is 0 Å². The predicted octanol–water partition coefficient (Wildman–Crippen LogP) is 2.13. The van der Waals surface area contributed by atoms with Gasteiger partial charge in [0.25, 0.3) is 0 Å². The average molecular weight is 302 g/mol. The SMILES string of the molecule is Cc1cc(F)cc(S(=O)(=O)N(C)CCC(N)C(C)C)c1. The summed E-state index contributed by atoms with van der Waals surface area (Å²) in [6.07, 6.45) is 0.571. The van der Waals surface area contributed by atoms with E-state index in [0.29, 0.717) is 24.4 Å². The van der Waals surface area contributed by atoms with Crippen LogP contribution in [0.25, 0.3) is 0 Å². The first-order valence-electron chi connectivity index (χ1n) is 6.63. The minimum absolute atomic E-state index is 0.0179. The molecular formula is C14H23FN2O2S. The van der Waals surface area contributed by atoms with Crippen molar-refractivity contribution in [2.24, 2.45) is 11.7 Å². The van der Waals surface area contributed by atoms with Crippen LogP contribution in [-0.4, -0.2) is 32.4 Å². The van der Waals surface area contributed by atoms with E-state index in [1.807, 2.05) is 13.8 Å². The molecule has 1 aromatic carbocycles. The zero-order chi connectivity index (χ0) is 15.5. The van der Waals surface area contributed by atoms with Crippen molar-refractivity contribution in [2.75, 3.05) is 13.6 Å². The Morgan fingerprint density at radius 3 is 2.40 bits per heavy atom. The Hall–Kier alpha value is -0.980. The van der Waals surface area contributed by atoms with Gasteiger partial charge < -0.3 is 5.73 Å². The number of rotatable bonds is 6. The Morgan fingerprint density at radius 1 is 1.30 bits per heavy atom. The fraction of sp³-hybridized carbons (Fsp3) is 0.571. The van der Waals surface area contributed by atoms with Crippen LogP contribution in [0.1, 0.15) is 25.8 Å². The summed E-state index contributed by atoms with van der Waals surface area (Å²) in [5, 5.41) is 0. The topological polar surface area (TPSA) is 63.4 Å². The average Bonchev–Trinajstić information content (AvgIpc) is 2.33. The summed E-state index contributed by atoms with van der Waals surface area (Å²) in [6, 6.07) is 3.76. The molecule has 2 N–H and O–H groups in total. The van der Waals surface area contributed by atoms with Crippen LogP contribution in [0.5, 0.6) is 0 Å². The fourth-order valence-corrected chi connectivity index (χ4v) is 3.12. The molecule has 0 aliphatic heterocycles. The molecular weight excluding hydrogens is 279 g/mol. The molecule has 0 spiro atoms. The van der Waals surface area contributed by atoms with Crippen molar-refractivity contribution in [3.63, 3.8) is 0 Å². The highest BCUT2D eigenvalue weighted by Crippen LogP contribution is 2.18. The summed E-state index contributed by atoms with van der Waals surface area (Å²) in [5.41, 5.74) is 6.49. The minimum atomic E-state index is -3.67. The van der Waals surface area contributed by atoms with Gasteiger partial charge in [0.15, 0.2) is 0 Å². The fourth-order valence-electron chi connectivity index (χ4n) is 1.82. The lowest BCUT2D eigenvalue weighted by Crippen LogP contribution is -2.34. The molecule has 0 radical (unpaired) electrons. The monoisotopic (exact) mass is 302 g/mol. The maximum absolute atomic E-state index is 13.3. The largest absolute Gasteiger partial charge is 0.327 e. The number of nitrogens with two attached hydrogens (primary N) is 1. The quantitative estimate of drug-likeness (QED) is 0.875. The normalized spacial score (nSPS) is 14.0. The van der Waals surface area contributed by atoms with Gasteiger partial charge in [0.05, 0.1) is 4.90 Å². The molecule has 0 aromatic heterocycles. The van der Waals surface area contributed by atoms with Crippen molar-refractivity contribution in [3.8, 4) is 0 Å². The summed E-state index contributed by atoms with van der Waals surface area (Å²) in [6.45, 7) is 5.97. The van der Waals surface area contributed by atoms with Crippen molar-refractivity contribution < 1.29 is 12.8 Å². The number of hydrogen-bond donors (Lipinski definition) is 1. The van der Waals surface area contributed by atoms with Gasteiger partial charge >= 0.3 is 0 Å². The van der Waals surface area contributed by atoms with Crippen LogP contribution in [0.2, 0.25) is 0 Å². The molecule has 0 saturated heterocycles. The number of sulfonamides is 1. The molecule has 0 aliphatic carbocycles. The third-order valence-corrected chi connectivity index (χ3v) is 5.19. The molecule has 0 bridgehead atoms. The lowest BCUT2D eigenvalue weighted by Gasteiger charge is -2.21. The number of halogens is 1. The van der Waals surface area contributed by atoms with Gasteiger partial charge in [0, 0.05) is 19.6 Å². The highest BCUT2D eigenvalue weighted by atomic mass is 32.2. The molecule has 1 atom stereocenters. The molecule has 6 heteroatoms. The second-order valence-corrected chi connectivity index (χ2v) is 7.53. The van der Waals surface area contributed by atoms with Gasteiger partial charge in [-0.1, -0.05) is 13.8 Å². The van der Waals surface area contributed by atoms with E-state index in [1.165, 1.54) is 23.5 Å². The zero-order valence-electron chi connectivity index (χ0n) is 12.4. The van der Waals surface area contributed by atoms with Crippen LogP contribution in [0.15, 0.2) is 23.1 Å². The summed E-state index contributed by atoms with van der Waals surface area (Å²) < 4.78 is 39.2. The molecule has 1 unspecified atom stereocenters. The van der Waals surface area contributed by atoms with E-state index in [4.69, 9.17) is 5.73 Å². The van der Waals surface area contributed by atoms with Crippen molar-refractivity contribution >= 4 is 10.0 Å². The highest BCUT2D eigenvalue weighted by Gasteiger charge is 2.22. The lowest BCUT2D eigenvalue weighted by atomic mass is 10.0. The third-order valence-electron chi connectivity index (χ3n) is 3.36. The molecule has 0 saturated carbocycles. The van der Waals surface area contributed by atoms with Crippen LogP contribution in [0.4, 0.5) is 4.39 Å². The number of benzene rings is 1. The van der Waals surface area contributed by atoms with Crippen molar-refractivity contribution in [3.05, 3.63) is 29.6 Å². The first-order chi connectivity index (χ1) is 9.14. The number of aryl methyl sites for hydroxylation is 1. The summed E-state index contributed by atoms with van der Waals surface area (Å²) >= 11 is 0. The van der Waals surface area contributed by atoms with Crippen molar-refractivity contribution in [2.45, 2.75) is 38.1 Å². The molecule has 1 aromatic rings. The van der Waals surface area contributed by atoms with Crippen molar-refractivity contribution in [1.82, 2.24) is 4.31 Å². The van der Waals surface area contributed by atoms with Crippen LogP contribution in [0, 0.1) is 18.7 Å². The Bertz CT molecular complexity index is 538.